The molecule has 25 heavy (non-hydrogen) atoms. The fraction of sp³-hybridized carbons (Fsp3) is 0.375. The Hall–Kier alpha value is -2.42. The van der Waals surface area contributed by atoms with Gasteiger partial charge in [-0.1, -0.05) is 0 Å². The predicted octanol–water partition coefficient (Wildman–Crippen LogP) is 2.42. The lowest BCUT2D eigenvalue weighted by atomic mass is 10.2. The predicted molar refractivity (Wildman–Crippen MR) is 81.9 cm³/mol. The molecule has 1 aromatic heterocycles. The number of hydrogen-bond donors (Lipinski definition) is 0. The van der Waals surface area contributed by atoms with Gasteiger partial charge in [0.25, 0.3) is 5.91 Å². The summed E-state index contributed by atoms with van der Waals surface area (Å²) in [6.07, 6.45) is -3.85. The number of piperazine rings is 1. The molecule has 1 aromatic carbocycles. The van der Waals surface area contributed by atoms with E-state index in [4.69, 9.17) is 0 Å². The average Bonchev–Trinajstić information content (AvgIpc) is 3.01. The van der Waals surface area contributed by atoms with E-state index in [-0.39, 0.29) is 5.69 Å². The second-order valence-electron chi connectivity index (χ2n) is 5.89. The summed E-state index contributed by atoms with van der Waals surface area (Å²) < 4.78 is 54.4. The van der Waals surface area contributed by atoms with Crippen LogP contribution in [0.5, 0.6) is 0 Å². The number of rotatable bonds is 2. The summed E-state index contributed by atoms with van der Waals surface area (Å²) in [6, 6.07) is 4.45. The van der Waals surface area contributed by atoms with E-state index in [1.807, 2.05) is 11.9 Å². The molecule has 5 nitrogen and oxygen atoms in total. The highest BCUT2D eigenvalue weighted by Crippen LogP contribution is 2.34. The lowest BCUT2D eigenvalue weighted by Crippen LogP contribution is -2.47. The summed E-state index contributed by atoms with van der Waals surface area (Å²) in [4.78, 5) is 16.0. The second kappa shape index (κ2) is 6.47. The highest BCUT2D eigenvalue weighted by atomic mass is 19.4. The monoisotopic (exact) mass is 356 g/mol. The number of carbonyl (C=O) groups excluding carboxylic acids is 1. The summed E-state index contributed by atoms with van der Waals surface area (Å²) in [6.45, 7) is 1.90. The van der Waals surface area contributed by atoms with Gasteiger partial charge in [-0.15, -0.1) is 0 Å². The van der Waals surface area contributed by atoms with Crippen LogP contribution in [-0.4, -0.2) is 58.7 Å². The number of benzene rings is 1. The van der Waals surface area contributed by atoms with Crippen LogP contribution in [0.15, 0.2) is 30.5 Å². The van der Waals surface area contributed by atoms with Crippen molar-refractivity contribution in [3.05, 3.63) is 47.5 Å². The average molecular weight is 356 g/mol. The lowest BCUT2D eigenvalue weighted by molar-refractivity contribution is -0.143. The van der Waals surface area contributed by atoms with Crippen molar-refractivity contribution in [2.75, 3.05) is 33.2 Å². The van der Waals surface area contributed by atoms with Crippen molar-refractivity contribution in [1.29, 1.82) is 0 Å². The zero-order chi connectivity index (χ0) is 18.2. The largest absolute Gasteiger partial charge is 0.434 e. The summed E-state index contributed by atoms with van der Waals surface area (Å²) in [5.74, 6) is -1.27. The van der Waals surface area contributed by atoms with Gasteiger partial charge in [-0.2, -0.15) is 18.3 Å². The van der Waals surface area contributed by atoms with E-state index < -0.39 is 29.2 Å². The summed E-state index contributed by atoms with van der Waals surface area (Å²) in [5.41, 5.74) is -1.62. The maximum atomic E-state index is 13.6. The van der Waals surface area contributed by atoms with Crippen molar-refractivity contribution in [1.82, 2.24) is 19.6 Å². The van der Waals surface area contributed by atoms with Gasteiger partial charge in [0, 0.05) is 26.2 Å². The molecule has 0 spiro atoms. The molecule has 1 fully saturated rings. The van der Waals surface area contributed by atoms with Crippen molar-refractivity contribution in [2.45, 2.75) is 6.18 Å². The van der Waals surface area contributed by atoms with Crippen LogP contribution in [0.2, 0.25) is 0 Å². The molecule has 2 aromatic rings. The number of alkyl halides is 3. The number of carbonyl (C=O) groups is 1. The zero-order valence-corrected chi connectivity index (χ0v) is 13.4. The Morgan fingerprint density at radius 2 is 1.68 bits per heavy atom. The number of halogens is 4. The summed E-state index contributed by atoms with van der Waals surface area (Å²) >= 11 is 0. The molecular formula is C16H16F4N4O. The first-order valence-corrected chi connectivity index (χ1v) is 7.66. The van der Waals surface area contributed by atoms with Gasteiger partial charge in [0.05, 0.1) is 17.4 Å². The van der Waals surface area contributed by atoms with Gasteiger partial charge in [0.2, 0.25) is 0 Å². The Kier molecular flexibility index (Phi) is 4.51. The van der Waals surface area contributed by atoms with Crippen molar-refractivity contribution >= 4 is 5.91 Å². The van der Waals surface area contributed by atoms with E-state index in [1.165, 1.54) is 17.0 Å². The number of likely N-dealkylation sites (N-methyl/N-ethyl adjacent to an activating group) is 1. The van der Waals surface area contributed by atoms with E-state index in [2.05, 4.69) is 5.10 Å². The normalized spacial score (nSPS) is 16.3. The quantitative estimate of drug-likeness (QED) is 0.776. The molecule has 0 saturated carbocycles. The standard InChI is InChI=1S/C16H16F4N4O/c1-22-6-8-23(9-7-22)15(25)13-10-21-24(14(13)16(18,19)20)12-4-2-11(17)3-5-12/h2-5,10H,6-9H2,1H3. The first-order valence-electron chi connectivity index (χ1n) is 7.66. The van der Waals surface area contributed by atoms with Crippen molar-refractivity contribution in [3.63, 3.8) is 0 Å². The number of aromatic nitrogens is 2. The number of amides is 1. The highest BCUT2D eigenvalue weighted by Gasteiger charge is 2.41. The van der Waals surface area contributed by atoms with E-state index in [0.717, 1.165) is 18.3 Å². The minimum atomic E-state index is -4.78. The van der Waals surface area contributed by atoms with Gasteiger partial charge in [-0.25, -0.2) is 9.07 Å². The van der Waals surface area contributed by atoms with Gasteiger partial charge in [-0.3, -0.25) is 4.79 Å². The van der Waals surface area contributed by atoms with Crippen molar-refractivity contribution < 1.29 is 22.4 Å². The highest BCUT2D eigenvalue weighted by molar-refractivity contribution is 5.95. The molecule has 2 heterocycles. The van der Waals surface area contributed by atoms with Crippen molar-refractivity contribution in [2.24, 2.45) is 0 Å². The van der Waals surface area contributed by atoms with Crippen LogP contribution in [-0.2, 0) is 6.18 Å². The Bertz CT molecular complexity index is 761. The molecular weight excluding hydrogens is 340 g/mol. The van der Waals surface area contributed by atoms with Crippen molar-refractivity contribution in [3.8, 4) is 5.69 Å². The van der Waals surface area contributed by atoms with Gasteiger partial charge in [-0.05, 0) is 31.3 Å². The summed E-state index contributed by atoms with van der Waals surface area (Å²) in [7, 11) is 1.88. The molecule has 3 rings (SSSR count). The molecule has 1 saturated heterocycles. The van der Waals surface area contributed by atoms with Gasteiger partial charge < -0.3 is 9.80 Å². The Balaban J connectivity index is 2.00. The summed E-state index contributed by atoms with van der Waals surface area (Å²) in [5, 5.41) is 3.73. The molecule has 1 aliphatic heterocycles. The molecule has 0 unspecified atom stereocenters. The molecule has 0 aliphatic carbocycles. The minimum absolute atomic E-state index is 0.0335. The maximum absolute atomic E-state index is 13.6. The zero-order valence-electron chi connectivity index (χ0n) is 13.4. The van der Waals surface area contributed by atoms with E-state index in [9.17, 15) is 22.4 Å². The molecule has 1 aliphatic rings. The third-order valence-corrected chi connectivity index (χ3v) is 4.13. The van der Waals surface area contributed by atoms with Crippen LogP contribution >= 0.6 is 0 Å². The third kappa shape index (κ3) is 3.51. The Labute approximate surface area is 141 Å². The molecule has 9 heteroatoms. The first kappa shape index (κ1) is 17.4. The van der Waals surface area contributed by atoms with Crippen LogP contribution in [0.3, 0.4) is 0 Å². The Morgan fingerprint density at radius 1 is 1.08 bits per heavy atom. The second-order valence-corrected chi connectivity index (χ2v) is 5.89. The number of hydrogen-bond acceptors (Lipinski definition) is 3. The van der Waals surface area contributed by atoms with Gasteiger partial charge in [0.1, 0.15) is 5.82 Å². The maximum Gasteiger partial charge on any atom is 0.434 e. The van der Waals surface area contributed by atoms with Crippen LogP contribution in [0.25, 0.3) is 5.69 Å². The minimum Gasteiger partial charge on any atom is -0.336 e. The first-order chi connectivity index (χ1) is 11.8. The third-order valence-electron chi connectivity index (χ3n) is 4.13. The fourth-order valence-corrected chi connectivity index (χ4v) is 2.74. The Morgan fingerprint density at radius 3 is 2.24 bits per heavy atom. The number of nitrogens with zero attached hydrogens (tertiary/aromatic N) is 4. The van der Waals surface area contributed by atoms with Crippen LogP contribution in [0.1, 0.15) is 16.1 Å². The fourth-order valence-electron chi connectivity index (χ4n) is 2.74. The SMILES string of the molecule is CN1CCN(C(=O)c2cnn(-c3ccc(F)cc3)c2C(F)(F)F)CC1. The van der Waals surface area contributed by atoms with Crippen LogP contribution in [0, 0.1) is 5.82 Å². The smallest absolute Gasteiger partial charge is 0.336 e. The molecule has 0 atom stereocenters. The van der Waals surface area contributed by atoms with E-state index in [1.54, 1.807) is 0 Å². The molecule has 134 valence electrons. The lowest BCUT2D eigenvalue weighted by Gasteiger charge is -2.32. The van der Waals surface area contributed by atoms with Crippen LogP contribution in [0.4, 0.5) is 17.6 Å². The molecule has 0 bridgehead atoms. The van der Waals surface area contributed by atoms with Crippen LogP contribution < -0.4 is 0 Å². The topological polar surface area (TPSA) is 41.4 Å². The molecule has 1 amide bonds. The van der Waals surface area contributed by atoms with Gasteiger partial charge in [0.15, 0.2) is 5.69 Å². The molecule has 0 N–H and O–H groups in total. The van der Waals surface area contributed by atoms with Gasteiger partial charge >= 0.3 is 6.18 Å². The molecule has 0 radical (unpaired) electrons. The van der Waals surface area contributed by atoms with E-state index in [0.29, 0.717) is 30.9 Å². The van der Waals surface area contributed by atoms with E-state index >= 15 is 0 Å².